The van der Waals surface area contributed by atoms with Crippen molar-refractivity contribution in [3.8, 4) is 28.6 Å². The second-order valence-electron chi connectivity index (χ2n) is 7.72. The quantitative estimate of drug-likeness (QED) is 0.330. The van der Waals surface area contributed by atoms with Gasteiger partial charge >= 0.3 is 0 Å². The van der Waals surface area contributed by atoms with Gasteiger partial charge in [-0.2, -0.15) is 0 Å². The third-order valence-corrected chi connectivity index (χ3v) is 6.47. The minimum absolute atomic E-state index is 0.148. The lowest BCUT2D eigenvalue weighted by molar-refractivity contribution is 0.0953. The van der Waals surface area contributed by atoms with Crippen molar-refractivity contribution in [3.05, 3.63) is 66.3 Å². The van der Waals surface area contributed by atoms with Crippen LogP contribution in [-0.4, -0.2) is 39.6 Å². The highest BCUT2D eigenvalue weighted by Gasteiger charge is 2.22. The standard InChI is InChI=1S/C24H23FN4O3S/c1-30-20-10-6-16(7-11-20)22-27-28-24(29(22)13-21-3-2-12-31-21)33-15-19-14-32-23(26-19)17-4-8-18(25)9-5-17/h4-11,14,21H,2-3,12-13,15H2,1H3. The number of benzene rings is 2. The summed E-state index contributed by atoms with van der Waals surface area (Å²) in [5.74, 6) is 2.32. The van der Waals surface area contributed by atoms with Crippen LogP contribution in [0.2, 0.25) is 0 Å². The fourth-order valence-electron chi connectivity index (χ4n) is 3.74. The molecule has 0 radical (unpaired) electrons. The van der Waals surface area contributed by atoms with E-state index in [1.54, 1.807) is 37.3 Å². The minimum atomic E-state index is -0.292. The largest absolute Gasteiger partial charge is 0.497 e. The summed E-state index contributed by atoms with van der Waals surface area (Å²) in [4.78, 5) is 4.54. The number of oxazole rings is 1. The van der Waals surface area contributed by atoms with Crippen molar-refractivity contribution in [1.82, 2.24) is 19.7 Å². The summed E-state index contributed by atoms with van der Waals surface area (Å²) in [6, 6.07) is 13.9. The van der Waals surface area contributed by atoms with Crippen molar-refractivity contribution in [2.75, 3.05) is 13.7 Å². The molecular weight excluding hydrogens is 443 g/mol. The van der Waals surface area contributed by atoms with Gasteiger partial charge in [0.1, 0.15) is 17.8 Å². The Balaban J connectivity index is 1.36. The first kappa shape index (κ1) is 21.7. The monoisotopic (exact) mass is 466 g/mol. The molecule has 0 saturated carbocycles. The van der Waals surface area contributed by atoms with E-state index in [1.165, 1.54) is 12.1 Å². The molecule has 9 heteroatoms. The summed E-state index contributed by atoms with van der Waals surface area (Å²) in [7, 11) is 1.65. The van der Waals surface area contributed by atoms with Gasteiger partial charge in [0.05, 0.1) is 25.5 Å². The Bertz CT molecular complexity index is 1200. The number of rotatable bonds is 8. The van der Waals surface area contributed by atoms with E-state index in [-0.39, 0.29) is 11.9 Å². The predicted octanol–water partition coefficient (Wildman–Crippen LogP) is 5.22. The first-order valence-corrected chi connectivity index (χ1v) is 11.7. The maximum Gasteiger partial charge on any atom is 0.226 e. The molecule has 0 spiro atoms. The molecule has 7 nitrogen and oxygen atoms in total. The molecule has 3 heterocycles. The molecule has 1 aliphatic heterocycles. The van der Waals surface area contributed by atoms with E-state index in [0.717, 1.165) is 53.0 Å². The molecule has 1 fully saturated rings. The number of methoxy groups -OCH3 is 1. The molecule has 33 heavy (non-hydrogen) atoms. The molecule has 4 aromatic rings. The Morgan fingerprint density at radius 3 is 2.61 bits per heavy atom. The Hall–Kier alpha value is -3.17. The van der Waals surface area contributed by atoms with Crippen LogP contribution in [0.25, 0.3) is 22.8 Å². The van der Waals surface area contributed by atoms with Crippen molar-refractivity contribution in [2.45, 2.75) is 36.4 Å². The Kier molecular flexibility index (Phi) is 6.41. The average Bonchev–Trinajstić information content (AvgIpc) is 3.61. The Labute approximate surface area is 195 Å². The fourth-order valence-corrected chi connectivity index (χ4v) is 4.57. The minimum Gasteiger partial charge on any atom is -0.497 e. The second-order valence-corrected chi connectivity index (χ2v) is 8.66. The predicted molar refractivity (Wildman–Crippen MR) is 122 cm³/mol. The average molecular weight is 467 g/mol. The molecule has 1 atom stereocenters. The number of hydrogen-bond acceptors (Lipinski definition) is 7. The molecule has 2 aromatic heterocycles. The van der Waals surface area contributed by atoms with Crippen LogP contribution in [0.4, 0.5) is 4.39 Å². The van der Waals surface area contributed by atoms with Crippen molar-refractivity contribution < 1.29 is 18.3 Å². The summed E-state index contributed by atoms with van der Waals surface area (Å²) in [5.41, 5.74) is 2.47. The third kappa shape index (κ3) is 4.94. The molecule has 0 N–H and O–H groups in total. The van der Waals surface area contributed by atoms with Crippen LogP contribution in [0.15, 0.2) is 64.4 Å². The summed E-state index contributed by atoms with van der Waals surface area (Å²) in [5, 5.41) is 9.72. The van der Waals surface area contributed by atoms with Gasteiger partial charge in [-0.25, -0.2) is 9.37 Å². The molecule has 0 aliphatic carbocycles. The maximum atomic E-state index is 13.2. The van der Waals surface area contributed by atoms with Gasteiger partial charge in [0, 0.05) is 23.5 Å². The van der Waals surface area contributed by atoms with E-state index in [1.807, 2.05) is 24.3 Å². The van der Waals surface area contributed by atoms with Crippen LogP contribution in [0.5, 0.6) is 5.75 Å². The normalized spacial score (nSPS) is 15.8. The highest BCUT2D eigenvalue weighted by molar-refractivity contribution is 7.98. The van der Waals surface area contributed by atoms with Gasteiger partial charge < -0.3 is 13.9 Å². The van der Waals surface area contributed by atoms with E-state index < -0.39 is 0 Å². The van der Waals surface area contributed by atoms with Gasteiger partial charge in [0.25, 0.3) is 0 Å². The van der Waals surface area contributed by atoms with Crippen LogP contribution >= 0.6 is 11.8 Å². The summed E-state index contributed by atoms with van der Waals surface area (Å²) in [6.45, 7) is 1.48. The molecule has 5 rings (SSSR count). The Morgan fingerprint density at radius 1 is 1.09 bits per heavy atom. The van der Waals surface area contributed by atoms with Crippen LogP contribution in [0.1, 0.15) is 18.5 Å². The van der Waals surface area contributed by atoms with E-state index in [2.05, 4.69) is 19.7 Å². The number of ether oxygens (including phenoxy) is 2. The van der Waals surface area contributed by atoms with Gasteiger partial charge in [-0.3, -0.25) is 4.57 Å². The fraction of sp³-hybridized carbons (Fsp3) is 0.292. The van der Waals surface area contributed by atoms with Gasteiger partial charge in [0.2, 0.25) is 5.89 Å². The van der Waals surface area contributed by atoms with Crippen LogP contribution < -0.4 is 4.74 Å². The SMILES string of the molecule is COc1ccc(-c2nnc(SCc3coc(-c4ccc(F)cc4)n3)n2CC2CCCO2)cc1. The first-order valence-electron chi connectivity index (χ1n) is 10.7. The van der Waals surface area contributed by atoms with Crippen molar-refractivity contribution >= 4 is 11.8 Å². The number of halogens is 1. The van der Waals surface area contributed by atoms with Gasteiger partial charge in [-0.1, -0.05) is 11.8 Å². The van der Waals surface area contributed by atoms with Gasteiger partial charge in [-0.05, 0) is 61.4 Å². The lowest BCUT2D eigenvalue weighted by Gasteiger charge is -2.14. The molecule has 0 bridgehead atoms. The molecule has 1 aliphatic rings. The highest BCUT2D eigenvalue weighted by Crippen LogP contribution is 2.30. The molecule has 2 aromatic carbocycles. The zero-order valence-corrected chi connectivity index (χ0v) is 18.9. The molecule has 1 unspecified atom stereocenters. The van der Waals surface area contributed by atoms with E-state index >= 15 is 0 Å². The highest BCUT2D eigenvalue weighted by atomic mass is 32.2. The molecule has 170 valence electrons. The number of aromatic nitrogens is 4. The third-order valence-electron chi connectivity index (χ3n) is 5.47. The maximum absolute atomic E-state index is 13.2. The molecule has 1 saturated heterocycles. The number of thioether (sulfide) groups is 1. The lowest BCUT2D eigenvalue weighted by Crippen LogP contribution is -2.16. The van der Waals surface area contributed by atoms with Crippen molar-refractivity contribution in [1.29, 1.82) is 0 Å². The first-order chi connectivity index (χ1) is 16.2. The Morgan fingerprint density at radius 2 is 1.88 bits per heavy atom. The summed E-state index contributed by atoms with van der Waals surface area (Å²) >= 11 is 1.54. The topological polar surface area (TPSA) is 75.2 Å². The summed E-state index contributed by atoms with van der Waals surface area (Å²) in [6.07, 6.45) is 3.86. The van der Waals surface area contributed by atoms with Gasteiger partial charge in [-0.15, -0.1) is 10.2 Å². The van der Waals surface area contributed by atoms with Crippen LogP contribution in [-0.2, 0) is 17.0 Å². The zero-order valence-electron chi connectivity index (χ0n) is 18.1. The van der Waals surface area contributed by atoms with Crippen LogP contribution in [0, 0.1) is 5.82 Å². The zero-order chi connectivity index (χ0) is 22.6. The molecule has 0 amide bonds. The second kappa shape index (κ2) is 9.76. The number of hydrogen-bond donors (Lipinski definition) is 0. The van der Waals surface area contributed by atoms with Crippen LogP contribution in [0.3, 0.4) is 0 Å². The number of nitrogens with zero attached hydrogens (tertiary/aromatic N) is 4. The van der Waals surface area contributed by atoms with E-state index in [9.17, 15) is 4.39 Å². The van der Waals surface area contributed by atoms with Gasteiger partial charge in [0.15, 0.2) is 11.0 Å². The lowest BCUT2D eigenvalue weighted by atomic mass is 10.2. The van der Waals surface area contributed by atoms with E-state index in [0.29, 0.717) is 18.2 Å². The van der Waals surface area contributed by atoms with Crippen molar-refractivity contribution in [2.24, 2.45) is 0 Å². The summed E-state index contributed by atoms with van der Waals surface area (Å²) < 4.78 is 32.0. The van der Waals surface area contributed by atoms with Crippen molar-refractivity contribution in [3.63, 3.8) is 0 Å². The molecular formula is C24H23FN4O3S. The van der Waals surface area contributed by atoms with E-state index in [4.69, 9.17) is 13.9 Å². The smallest absolute Gasteiger partial charge is 0.226 e.